The molecule has 0 radical (unpaired) electrons. The number of carboxylic acid groups (broad SMARTS) is 1. The number of anilines is 1. The fourth-order valence-corrected chi connectivity index (χ4v) is 1.98. The van der Waals surface area contributed by atoms with Crippen molar-refractivity contribution >= 4 is 11.7 Å². The largest absolute Gasteiger partial charge is 0.478 e. The van der Waals surface area contributed by atoms with E-state index in [9.17, 15) is 4.79 Å². The first kappa shape index (κ1) is 9.02. The zero-order chi connectivity index (χ0) is 10.3. The lowest BCUT2D eigenvalue weighted by Crippen LogP contribution is -2.09. The van der Waals surface area contributed by atoms with Crippen LogP contribution in [0.4, 0.5) is 5.69 Å². The molecule has 14 heavy (non-hydrogen) atoms. The minimum atomic E-state index is -0.944. The molecule has 0 saturated carbocycles. The average molecular weight is 192 g/mol. The maximum Gasteiger partial charge on any atom is 0.335 e. The quantitative estimate of drug-likeness (QED) is 0.577. The number of fused-ring (bicyclic) bond motifs is 1. The van der Waals surface area contributed by atoms with Crippen molar-refractivity contribution in [2.24, 2.45) is 5.73 Å². The van der Waals surface area contributed by atoms with Crippen molar-refractivity contribution < 1.29 is 9.90 Å². The summed E-state index contributed by atoms with van der Waals surface area (Å²) in [5.41, 5.74) is 14.3. The van der Waals surface area contributed by atoms with E-state index in [2.05, 4.69) is 0 Å². The minimum absolute atomic E-state index is 0.0344. The van der Waals surface area contributed by atoms with Crippen LogP contribution in [0.2, 0.25) is 0 Å². The lowest BCUT2D eigenvalue weighted by Gasteiger charge is -2.09. The lowest BCUT2D eigenvalue weighted by atomic mass is 10.0. The van der Waals surface area contributed by atoms with Gasteiger partial charge in [-0.05, 0) is 36.1 Å². The first-order valence-electron chi connectivity index (χ1n) is 4.50. The van der Waals surface area contributed by atoms with Crippen LogP contribution in [-0.4, -0.2) is 11.1 Å². The third-order valence-corrected chi connectivity index (χ3v) is 2.64. The SMILES string of the molecule is Nc1cc(C(=O)O)cc2c1C(N)CC2. The second-order valence-corrected chi connectivity index (χ2v) is 3.59. The van der Waals surface area contributed by atoms with E-state index in [-0.39, 0.29) is 11.6 Å². The van der Waals surface area contributed by atoms with Crippen LogP contribution in [0.25, 0.3) is 0 Å². The van der Waals surface area contributed by atoms with E-state index < -0.39 is 5.97 Å². The molecule has 0 aliphatic heterocycles. The number of benzene rings is 1. The lowest BCUT2D eigenvalue weighted by molar-refractivity contribution is 0.0697. The predicted molar refractivity (Wildman–Crippen MR) is 53.1 cm³/mol. The fraction of sp³-hybridized carbons (Fsp3) is 0.300. The second-order valence-electron chi connectivity index (χ2n) is 3.59. The molecular weight excluding hydrogens is 180 g/mol. The van der Waals surface area contributed by atoms with Crippen molar-refractivity contribution in [2.75, 3.05) is 5.73 Å². The van der Waals surface area contributed by atoms with E-state index in [0.717, 1.165) is 24.0 Å². The van der Waals surface area contributed by atoms with E-state index >= 15 is 0 Å². The van der Waals surface area contributed by atoms with Crippen LogP contribution in [-0.2, 0) is 6.42 Å². The van der Waals surface area contributed by atoms with Crippen LogP contribution in [0.1, 0.15) is 33.9 Å². The van der Waals surface area contributed by atoms with Gasteiger partial charge in [0.2, 0.25) is 0 Å². The Morgan fingerprint density at radius 2 is 2.21 bits per heavy atom. The average Bonchev–Trinajstić information content (AvgIpc) is 2.48. The van der Waals surface area contributed by atoms with Gasteiger partial charge < -0.3 is 16.6 Å². The van der Waals surface area contributed by atoms with Crippen LogP contribution < -0.4 is 11.5 Å². The van der Waals surface area contributed by atoms with Crippen LogP contribution in [0.15, 0.2) is 12.1 Å². The van der Waals surface area contributed by atoms with Gasteiger partial charge in [0.25, 0.3) is 0 Å². The monoisotopic (exact) mass is 192 g/mol. The molecule has 1 aromatic carbocycles. The molecule has 0 heterocycles. The van der Waals surface area contributed by atoms with Crippen LogP contribution in [0.5, 0.6) is 0 Å². The van der Waals surface area contributed by atoms with E-state index in [4.69, 9.17) is 16.6 Å². The van der Waals surface area contributed by atoms with Gasteiger partial charge in [-0.1, -0.05) is 0 Å². The molecule has 0 amide bonds. The van der Waals surface area contributed by atoms with Crippen molar-refractivity contribution in [3.63, 3.8) is 0 Å². The van der Waals surface area contributed by atoms with E-state index in [1.807, 2.05) is 0 Å². The molecule has 2 rings (SSSR count). The highest BCUT2D eigenvalue weighted by molar-refractivity contribution is 5.89. The molecule has 1 aromatic rings. The smallest absolute Gasteiger partial charge is 0.335 e. The number of carboxylic acids is 1. The summed E-state index contributed by atoms with van der Waals surface area (Å²) >= 11 is 0. The van der Waals surface area contributed by atoms with E-state index in [0.29, 0.717) is 5.69 Å². The summed E-state index contributed by atoms with van der Waals surface area (Å²) in [5, 5.41) is 8.82. The molecule has 0 saturated heterocycles. The molecule has 0 bridgehead atoms. The van der Waals surface area contributed by atoms with Gasteiger partial charge in [-0.3, -0.25) is 0 Å². The summed E-state index contributed by atoms with van der Waals surface area (Å²) in [7, 11) is 0. The molecule has 4 heteroatoms. The second kappa shape index (κ2) is 2.99. The first-order chi connectivity index (χ1) is 6.59. The Morgan fingerprint density at radius 3 is 2.86 bits per heavy atom. The molecule has 5 N–H and O–H groups in total. The molecule has 1 aliphatic carbocycles. The summed E-state index contributed by atoms with van der Waals surface area (Å²) < 4.78 is 0. The van der Waals surface area contributed by atoms with Crippen molar-refractivity contribution in [1.82, 2.24) is 0 Å². The van der Waals surface area contributed by atoms with Gasteiger partial charge in [-0.15, -0.1) is 0 Å². The van der Waals surface area contributed by atoms with Crippen LogP contribution in [0, 0.1) is 0 Å². The molecule has 0 fully saturated rings. The van der Waals surface area contributed by atoms with Crippen LogP contribution >= 0.6 is 0 Å². The number of carbonyl (C=O) groups is 1. The number of rotatable bonds is 1. The van der Waals surface area contributed by atoms with Crippen LogP contribution in [0.3, 0.4) is 0 Å². The Hall–Kier alpha value is -1.55. The minimum Gasteiger partial charge on any atom is -0.478 e. The molecule has 0 spiro atoms. The molecule has 1 aliphatic rings. The Labute approximate surface area is 81.5 Å². The molecule has 1 unspecified atom stereocenters. The highest BCUT2D eigenvalue weighted by atomic mass is 16.4. The zero-order valence-corrected chi connectivity index (χ0v) is 7.66. The third kappa shape index (κ3) is 1.24. The Kier molecular flexibility index (Phi) is 1.93. The van der Waals surface area contributed by atoms with Crippen molar-refractivity contribution in [3.05, 3.63) is 28.8 Å². The molecule has 1 atom stereocenters. The van der Waals surface area contributed by atoms with Gasteiger partial charge in [0, 0.05) is 11.7 Å². The topological polar surface area (TPSA) is 89.3 Å². The summed E-state index contributed by atoms with van der Waals surface area (Å²) in [4.78, 5) is 10.7. The van der Waals surface area contributed by atoms with Gasteiger partial charge in [0.15, 0.2) is 0 Å². The van der Waals surface area contributed by atoms with Gasteiger partial charge in [0.05, 0.1) is 5.56 Å². The molecule has 4 nitrogen and oxygen atoms in total. The van der Waals surface area contributed by atoms with Crippen molar-refractivity contribution in [2.45, 2.75) is 18.9 Å². The van der Waals surface area contributed by atoms with E-state index in [1.165, 1.54) is 6.07 Å². The fourth-order valence-electron chi connectivity index (χ4n) is 1.98. The zero-order valence-electron chi connectivity index (χ0n) is 7.66. The number of nitrogen functional groups attached to an aromatic ring is 1. The van der Waals surface area contributed by atoms with Crippen molar-refractivity contribution in [3.8, 4) is 0 Å². The van der Waals surface area contributed by atoms with Gasteiger partial charge in [-0.2, -0.15) is 0 Å². The normalized spacial score (nSPS) is 19.4. The van der Waals surface area contributed by atoms with Gasteiger partial charge in [-0.25, -0.2) is 4.79 Å². The number of aromatic carboxylic acids is 1. The van der Waals surface area contributed by atoms with Gasteiger partial charge >= 0.3 is 5.97 Å². The Balaban J connectivity index is 2.57. The number of hydrogen-bond donors (Lipinski definition) is 3. The summed E-state index contributed by atoms with van der Waals surface area (Å²) in [6.45, 7) is 0. The Bertz CT molecular complexity index is 401. The Morgan fingerprint density at radius 1 is 1.50 bits per heavy atom. The third-order valence-electron chi connectivity index (χ3n) is 2.64. The summed E-state index contributed by atoms with van der Waals surface area (Å²) in [5.74, 6) is -0.944. The summed E-state index contributed by atoms with van der Waals surface area (Å²) in [6.07, 6.45) is 1.67. The van der Waals surface area contributed by atoms with Gasteiger partial charge in [0.1, 0.15) is 0 Å². The number of nitrogens with two attached hydrogens (primary N) is 2. The van der Waals surface area contributed by atoms with E-state index in [1.54, 1.807) is 6.07 Å². The molecule has 0 aromatic heterocycles. The summed E-state index contributed by atoms with van der Waals surface area (Å²) in [6, 6.07) is 3.11. The van der Waals surface area contributed by atoms with Crippen molar-refractivity contribution in [1.29, 1.82) is 0 Å². The highest BCUT2D eigenvalue weighted by Gasteiger charge is 2.23. The first-order valence-corrected chi connectivity index (χ1v) is 4.50. The maximum atomic E-state index is 10.7. The number of hydrogen-bond acceptors (Lipinski definition) is 3. The standard InChI is InChI=1S/C10H12N2O2/c11-7-2-1-5-3-6(10(13)14)4-8(12)9(5)7/h3-4,7H,1-2,11-12H2,(H,13,14). The molecular formula is C10H12N2O2. The highest BCUT2D eigenvalue weighted by Crippen LogP contribution is 2.34. The number of aryl methyl sites for hydroxylation is 1. The molecule has 74 valence electrons. The predicted octanol–water partition coefficient (Wildman–Crippen LogP) is 0.913. The maximum absolute atomic E-state index is 10.7.